The van der Waals surface area contributed by atoms with Crippen molar-refractivity contribution in [1.82, 2.24) is 10.2 Å². The number of rotatable bonds is 17. The third-order valence-electron chi connectivity index (χ3n) is 9.82. The first-order valence-electron chi connectivity index (χ1n) is 19.0. The van der Waals surface area contributed by atoms with Crippen LogP contribution in [-0.2, 0) is 19.1 Å². The molecule has 1 N–H and O–H groups in total. The van der Waals surface area contributed by atoms with Gasteiger partial charge in [-0.3, -0.25) is 0 Å². The van der Waals surface area contributed by atoms with Crippen molar-refractivity contribution in [2.24, 2.45) is 22.7 Å². The minimum Gasteiger partial charge on any atom is -0.465 e. The summed E-state index contributed by atoms with van der Waals surface area (Å²) in [5.41, 5.74) is 4.25. The number of nitrogens with zero attached hydrogens (tertiary/aromatic N) is 3. The van der Waals surface area contributed by atoms with E-state index in [0.717, 1.165) is 55.6 Å². The highest BCUT2D eigenvalue weighted by molar-refractivity contribution is 5.94. The lowest BCUT2D eigenvalue weighted by Crippen LogP contribution is -2.31. The molecule has 0 saturated heterocycles. The fourth-order valence-electron chi connectivity index (χ4n) is 6.90. The van der Waals surface area contributed by atoms with Gasteiger partial charge < -0.3 is 19.7 Å². The molecule has 2 unspecified atom stereocenters. The van der Waals surface area contributed by atoms with Gasteiger partial charge in [0, 0.05) is 31.5 Å². The van der Waals surface area contributed by atoms with Crippen LogP contribution >= 0.6 is 0 Å². The number of hydrogen-bond donors (Lipinski definition) is 1. The van der Waals surface area contributed by atoms with Gasteiger partial charge in [-0.1, -0.05) is 93.9 Å². The number of ether oxygens (including phenoxy) is 2. The van der Waals surface area contributed by atoms with Crippen LogP contribution in [0.2, 0.25) is 0 Å². The zero-order valence-electron chi connectivity index (χ0n) is 33.4. The number of hydrogen-bond acceptors (Lipinski definition) is 8. The van der Waals surface area contributed by atoms with E-state index < -0.39 is 11.9 Å². The summed E-state index contributed by atoms with van der Waals surface area (Å²) < 4.78 is 9.83. The maximum absolute atomic E-state index is 12.2. The van der Waals surface area contributed by atoms with Gasteiger partial charge in [0.15, 0.2) is 0 Å². The summed E-state index contributed by atoms with van der Waals surface area (Å²) in [6, 6.07) is 4.09. The van der Waals surface area contributed by atoms with E-state index in [1.807, 2.05) is 18.2 Å². The topological polar surface area (TPSA) is 115 Å². The van der Waals surface area contributed by atoms with E-state index in [2.05, 4.69) is 78.7 Å². The van der Waals surface area contributed by atoms with Crippen molar-refractivity contribution in [3.8, 4) is 12.1 Å². The molecular weight excluding hydrogens is 624 g/mol. The Kier molecular flexibility index (Phi) is 19.9. The monoisotopic (exact) mass is 693 g/mol. The number of methoxy groups -OCH3 is 1. The standard InChI is InChI=1S/C22H36N2O2.C20H32N2O2/c1-7-10-11-17(8-2)16-24(6)19-12-18(13-22(4,5)14-19)20(15-23)21(25)26-9-3;1-6-8-9-15(7-2)14-22-17-10-16(11-20(3,4)12-17)18(13-21)19(23)24-5/h12,17H,7-11,13-14,16H2,1-6H3;10,15,22H,6-9,11-12,14H2,1-5H3/b20-18+;18-16+. The maximum atomic E-state index is 12.2. The molecule has 8 nitrogen and oxygen atoms in total. The predicted octanol–water partition coefficient (Wildman–Crippen LogP) is 9.71. The van der Waals surface area contributed by atoms with Crippen LogP contribution in [0.3, 0.4) is 0 Å². The third kappa shape index (κ3) is 15.2. The van der Waals surface area contributed by atoms with Crippen LogP contribution < -0.4 is 5.32 Å². The molecule has 0 fully saturated rings. The molecule has 0 aliphatic heterocycles. The van der Waals surface area contributed by atoms with Crippen molar-refractivity contribution < 1.29 is 19.1 Å². The van der Waals surface area contributed by atoms with E-state index in [4.69, 9.17) is 9.47 Å². The van der Waals surface area contributed by atoms with E-state index in [9.17, 15) is 20.1 Å². The van der Waals surface area contributed by atoms with Gasteiger partial charge in [0.05, 0.1) is 13.7 Å². The summed E-state index contributed by atoms with van der Waals surface area (Å²) in [4.78, 5) is 26.3. The molecule has 0 heterocycles. The van der Waals surface area contributed by atoms with Crippen molar-refractivity contribution in [3.63, 3.8) is 0 Å². The van der Waals surface area contributed by atoms with Gasteiger partial charge in [-0.15, -0.1) is 0 Å². The van der Waals surface area contributed by atoms with Gasteiger partial charge in [-0.25, -0.2) is 9.59 Å². The number of nitrogens with one attached hydrogen (secondary N) is 1. The highest BCUT2D eigenvalue weighted by atomic mass is 16.5. The minimum absolute atomic E-state index is 0.0212. The fourth-order valence-corrected chi connectivity index (χ4v) is 6.90. The highest BCUT2D eigenvalue weighted by Crippen LogP contribution is 2.41. The molecule has 0 aromatic carbocycles. The lowest BCUT2D eigenvalue weighted by molar-refractivity contribution is -0.138. The largest absolute Gasteiger partial charge is 0.465 e. The quantitative estimate of drug-likeness (QED) is 0.0910. The Morgan fingerprint density at radius 3 is 1.84 bits per heavy atom. The minimum atomic E-state index is -0.546. The first-order valence-corrected chi connectivity index (χ1v) is 19.0. The third-order valence-corrected chi connectivity index (χ3v) is 9.82. The molecule has 2 rings (SSSR count). The van der Waals surface area contributed by atoms with Gasteiger partial charge >= 0.3 is 11.9 Å². The Hall–Kier alpha value is -3.52. The van der Waals surface area contributed by atoms with Crippen LogP contribution in [0.5, 0.6) is 0 Å². The molecule has 8 heteroatoms. The zero-order valence-corrected chi connectivity index (χ0v) is 33.4. The van der Waals surface area contributed by atoms with Crippen molar-refractivity contribution in [2.45, 2.75) is 139 Å². The second-order valence-corrected chi connectivity index (χ2v) is 15.7. The molecule has 2 atom stereocenters. The lowest BCUT2D eigenvalue weighted by Gasteiger charge is -2.37. The Morgan fingerprint density at radius 2 is 1.34 bits per heavy atom. The van der Waals surface area contributed by atoms with Gasteiger partial charge in [0.2, 0.25) is 0 Å². The summed E-state index contributed by atoms with van der Waals surface area (Å²) in [5.74, 6) is 0.295. The summed E-state index contributed by atoms with van der Waals surface area (Å²) in [5, 5.41) is 22.4. The summed E-state index contributed by atoms with van der Waals surface area (Å²) in [6.07, 6.45) is 17.2. The first-order chi connectivity index (χ1) is 23.6. The molecule has 0 saturated carbocycles. The molecule has 50 heavy (non-hydrogen) atoms. The zero-order chi connectivity index (χ0) is 37.9. The number of unbranched alkanes of at least 4 members (excludes halogenated alkanes) is 2. The van der Waals surface area contributed by atoms with E-state index in [0.29, 0.717) is 18.3 Å². The lowest BCUT2D eigenvalue weighted by atomic mass is 9.75. The van der Waals surface area contributed by atoms with Crippen LogP contribution in [0, 0.1) is 45.3 Å². The second-order valence-electron chi connectivity index (χ2n) is 15.7. The second kappa shape index (κ2) is 22.3. The molecule has 2 aliphatic rings. The van der Waals surface area contributed by atoms with Crippen molar-refractivity contribution in [2.75, 3.05) is 33.9 Å². The maximum Gasteiger partial charge on any atom is 0.349 e. The number of allylic oxidation sites excluding steroid dienone is 6. The van der Waals surface area contributed by atoms with Gasteiger partial charge in [-0.2, -0.15) is 10.5 Å². The molecular formula is C42H68N4O4. The van der Waals surface area contributed by atoms with Crippen LogP contribution in [-0.4, -0.2) is 50.7 Å². The molecule has 0 radical (unpaired) electrons. The van der Waals surface area contributed by atoms with Crippen molar-refractivity contribution in [1.29, 1.82) is 10.5 Å². The fraction of sp³-hybridized carbons (Fsp3) is 0.714. The van der Waals surface area contributed by atoms with E-state index in [1.165, 1.54) is 57.8 Å². The smallest absolute Gasteiger partial charge is 0.349 e. The molecule has 0 aromatic heterocycles. The van der Waals surface area contributed by atoms with Gasteiger partial charge in [0.1, 0.15) is 23.3 Å². The summed E-state index contributed by atoms with van der Waals surface area (Å²) >= 11 is 0. The molecule has 0 spiro atoms. The Labute approximate surface area is 305 Å². The average molecular weight is 693 g/mol. The van der Waals surface area contributed by atoms with E-state index in [-0.39, 0.29) is 28.6 Å². The van der Waals surface area contributed by atoms with Gasteiger partial charge in [0.25, 0.3) is 0 Å². The molecule has 0 amide bonds. The van der Waals surface area contributed by atoms with Crippen LogP contribution in [0.25, 0.3) is 0 Å². The Bertz CT molecular complexity index is 1320. The van der Waals surface area contributed by atoms with Crippen LogP contribution in [0.1, 0.15) is 139 Å². The van der Waals surface area contributed by atoms with Crippen molar-refractivity contribution in [3.05, 3.63) is 45.8 Å². The Balaban J connectivity index is 0.000000502. The van der Waals surface area contributed by atoms with E-state index >= 15 is 0 Å². The van der Waals surface area contributed by atoms with Crippen molar-refractivity contribution >= 4 is 11.9 Å². The van der Waals surface area contributed by atoms with Crippen LogP contribution in [0.15, 0.2) is 45.8 Å². The molecule has 0 aromatic rings. The number of carbonyl (C=O) groups excluding carboxylic acids is 2. The Morgan fingerprint density at radius 1 is 0.820 bits per heavy atom. The van der Waals surface area contributed by atoms with E-state index in [1.54, 1.807) is 6.92 Å². The predicted molar refractivity (Wildman–Crippen MR) is 203 cm³/mol. The molecule has 2 aliphatic carbocycles. The molecule has 280 valence electrons. The first kappa shape index (κ1) is 44.5. The summed E-state index contributed by atoms with van der Waals surface area (Å²) in [6.45, 7) is 21.7. The van der Waals surface area contributed by atoms with Gasteiger partial charge in [-0.05, 0) is 91.4 Å². The average Bonchev–Trinajstić information content (AvgIpc) is 3.06. The molecule has 0 bridgehead atoms. The number of carbonyl (C=O) groups is 2. The number of esters is 2. The number of nitriles is 2. The normalized spacial score (nSPS) is 19.5. The SMILES string of the molecule is CCCCC(CC)CN(C)C1=C/C(=C(/C#N)C(=O)OCC)CC(C)(C)C1.CCCCC(CC)CNC1=C/C(=C(/C#N)C(=O)OC)CC(C)(C)C1. The highest BCUT2D eigenvalue weighted by Gasteiger charge is 2.31. The van der Waals surface area contributed by atoms with Crippen LogP contribution in [0.4, 0.5) is 0 Å². The summed E-state index contributed by atoms with van der Waals surface area (Å²) in [7, 11) is 3.45.